The molecule has 4 rings (SSSR count). The Morgan fingerprint density at radius 2 is 1.71 bits per heavy atom. The summed E-state index contributed by atoms with van der Waals surface area (Å²) in [6.45, 7) is 3.93. The van der Waals surface area contributed by atoms with Gasteiger partial charge in [-0.15, -0.1) is 0 Å². The number of nitrogens with zero attached hydrogens (tertiary/aromatic N) is 1. The number of amides is 4. The summed E-state index contributed by atoms with van der Waals surface area (Å²) >= 11 is 3.41. The summed E-state index contributed by atoms with van der Waals surface area (Å²) in [6, 6.07) is 17.4. The molecule has 178 valence electrons. The molecule has 1 aliphatic rings. The number of carbonyl (C=O) groups excluding carboxylic acids is 3. The Morgan fingerprint density at radius 1 is 0.971 bits per heavy atom. The van der Waals surface area contributed by atoms with Gasteiger partial charge >= 0.3 is 6.03 Å². The Hall–Kier alpha value is -3.91. The van der Waals surface area contributed by atoms with Gasteiger partial charge in [-0.1, -0.05) is 40.2 Å². The second-order valence-electron chi connectivity index (χ2n) is 8.07. The molecule has 1 fully saturated rings. The van der Waals surface area contributed by atoms with Crippen molar-refractivity contribution in [3.8, 4) is 11.5 Å². The fourth-order valence-corrected chi connectivity index (χ4v) is 3.88. The number of rotatable bonds is 6. The average molecular weight is 535 g/mol. The number of benzene rings is 3. The summed E-state index contributed by atoms with van der Waals surface area (Å²) in [5.74, 6) is -0.488. The predicted octanol–water partition coefficient (Wildman–Crippen LogP) is 5.32. The summed E-state index contributed by atoms with van der Waals surface area (Å²) < 4.78 is 12.3. The van der Waals surface area contributed by atoms with Crippen LogP contribution in [0.1, 0.15) is 22.3 Å². The van der Waals surface area contributed by atoms with Crippen molar-refractivity contribution < 1.29 is 23.9 Å². The van der Waals surface area contributed by atoms with Gasteiger partial charge < -0.3 is 9.47 Å². The van der Waals surface area contributed by atoms with Crippen LogP contribution >= 0.6 is 15.9 Å². The lowest BCUT2D eigenvalue weighted by molar-refractivity contribution is -0.122. The Labute approximate surface area is 211 Å². The number of barbiturate groups is 1. The minimum atomic E-state index is -0.785. The van der Waals surface area contributed by atoms with Crippen molar-refractivity contribution >= 4 is 45.5 Å². The van der Waals surface area contributed by atoms with Crippen molar-refractivity contribution in [1.82, 2.24) is 5.32 Å². The van der Waals surface area contributed by atoms with Gasteiger partial charge in [0.05, 0.1) is 12.8 Å². The molecule has 0 bridgehead atoms. The first-order valence-corrected chi connectivity index (χ1v) is 11.6. The molecular formula is C27H23BrN2O5. The second-order valence-corrected chi connectivity index (χ2v) is 8.98. The third-order valence-electron chi connectivity index (χ3n) is 5.54. The molecule has 3 aromatic carbocycles. The molecule has 0 atom stereocenters. The summed E-state index contributed by atoms with van der Waals surface area (Å²) in [5, 5.41) is 2.27. The van der Waals surface area contributed by atoms with E-state index >= 15 is 0 Å². The molecule has 0 spiro atoms. The van der Waals surface area contributed by atoms with Crippen molar-refractivity contribution in [2.75, 3.05) is 12.0 Å². The summed E-state index contributed by atoms with van der Waals surface area (Å²) in [7, 11) is 1.54. The van der Waals surface area contributed by atoms with Crippen LogP contribution in [0.15, 0.2) is 70.7 Å². The van der Waals surface area contributed by atoms with Crippen LogP contribution in [0.5, 0.6) is 11.5 Å². The minimum Gasteiger partial charge on any atom is -0.497 e. The van der Waals surface area contributed by atoms with Crippen LogP contribution in [0.25, 0.3) is 6.08 Å². The van der Waals surface area contributed by atoms with Gasteiger partial charge in [0.25, 0.3) is 11.8 Å². The van der Waals surface area contributed by atoms with Crippen molar-refractivity contribution in [2.45, 2.75) is 20.5 Å². The van der Waals surface area contributed by atoms with E-state index in [1.54, 1.807) is 31.2 Å². The normalized spacial score (nSPS) is 14.8. The smallest absolute Gasteiger partial charge is 0.335 e. The van der Waals surface area contributed by atoms with Gasteiger partial charge in [0, 0.05) is 16.1 Å². The van der Waals surface area contributed by atoms with E-state index in [4.69, 9.17) is 9.47 Å². The van der Waals surface area contributed by atoms with Gasteiger partial charge in [-0.05, 0) is 66.9 Å². The molecule has 1 aliphatic heterocycles. The van der Waals surface area contributed by atoms with Gasteiger partial charge in [0.15, 0.2) is 0 Å². The molecular weight excluding hydrogens is 512 g/mol. The molecule has 0 saturated carbocycles. The number of anilines is 1. The van der Waals surface area contributed by atoms with Crippen molar-refractivity contribution in [1.29, 1.82) is 0 Å². The first-order chi connectivity index (χ1) is 16.8. The zero-order valence-corrected chi connectivity index (χ0v) is 21.0. The van der Waals surface area contributed by atoms with Gasteiger partial charge in [-0.3, -0.25) is 14.9 Å². The topological polar surface area (TPSA) is 84.9 Å². The molecule has 35 heavy (non-hydrogen) atoms. The highest BCUT2D eigenvalue weighted by Crippen LogP contribution is 2.30. The van der Waals surface area contributed by atoms with Crippen LogP contribution in [0.2, 0.25) is 0 Å². The number of hydrogen-bond donors (Lipinski definition) is 1. The van der Waals surface area contributed by atoms with E-state index in [0.717, 1.165) is 26.1 Å². The van der Waals surface area contributed by atoms with Crippen LogP contribution in [0.3, 0.4) is 0 Å². The minimum absolute atomic E-state index is 0.177. The SMILES string of the molecule is COc1ccc(/C=C2\C(=O)NC(=O)N(c3cc(C)ccc3C)C2=O)c(OCc2ccc(Br)cc2)c1. The Bertz CT molecular complexity index is 1350. The molecule has 0 radical (unpaired) electrons. The Morgan fingerprint density at radius 3 is 2.43 bits per heavy atom. The third-order valence-corrected chi connectivity index (χ3v) is 6.06. The summed E-state index contributed by atoms with van der Waals surface area (Å²) in [4.78, 5) is 39.6. The molecule has 1 saturated heterocycles. The highest BCUT2D eigenvalue weighted by atomic mass is 79.9. The van der Waals surface area contributed by atoms with Crippen LogP contribution < -0.4 is 19.7 Å². The number of nitrogens with one attached hydrogen (secondary N) is 1. The maximum absolute atomic E-state index is 13.4. The largest absolute Gasteiger partial charge is 0.497 e. The van der Waals surface area contributed by atoms with Crippen molar-refractivity contribution in [3.05, 3.63) is 93.0 Å². The number of hydrogen-bond acceptors (Lipinski definition) is 5. The molecule has 1 heterocycles. The molecule has 7 nitrogen and oxygen atoms in total. The van der Waals surface area contributed by atoms with Crippen LogP contribution in [0.4, 0.5) is 10.5 Å². The molecule has 0 unspecified atom stereocenters. The van der Waals surface area contributed by atoms with Crippen LogP contribution in [-0.2, 0) is 16.2 Å². The first kappa shape index (κ1) is 24.2. The van der Waals surface area contributed by atoms with Gasteiger partial charge in [-0.2, -0.15) is 0 Å². The van der Waals surface area contributed by atoms with Crippen molar-refractivity contribution in [3.63, 3.8) is 0 Å². The van der Waals surface area contributed by atoms with Gasteiger partial charge in [0.1, 0.15) is 23.7 Å². The van der Waals surface area contributed by atoms with Crippen LogP contribution in [-0.4, -0.2) is 25.0 Å². The fraction of sp³-hybridized carbons (Fsp3) is 0.148. The van der Waals surface area contributed by atoms with Gasteiger partial charge in [-0.25, -0.2) is 9.69 Å². The van der Waals surface area contributed by atoms with E-state index in [9.17, 15) is 14.4 Å². The standard InChI is InChI=1S/C27H23BrN2O5/c1-16-4-5-17(2)23(12-16)30-26(32)22(25(31)29-27(30)33)13-19-8-11-21(34-3)14-24(19)35-15-18-6-9-20(28)10-7-18/h4-14H,15H2,1-3H3,(H,29,31,33)/b22-13+. The Balaban J connectivity index is 1.70. The van der Waals surface area contributed by atoms with Gasteiger partial charge in [0.2, 0.25) is 0 Å². The van der Waals surface area contributed by atoms with E-state index in [-0.39, 0.29) is 12.2 Å². The molecule has 1 N–H and O–H groups in total. The Kier molecular flexibility index (Phi) is 7.02. The van der Waals surface area contributed by atoms with E-state index in [2.05, 4.69) is 21.2 Å². The van der Waals surface area contributed by atoms with E-state index in [1.807, 2.05) is 43.3 Å². The highest BCUT2D eigenvalue weighted by molar-refractivity contribution is 9.10. The number of ether oxygens (including phenoxy) is 2. The maximum atomic E-state index is 13.4. The number of methoxy groups -OCH3 is 1. The van der Waals surface area contributed by atoms with E-state index in [0.29, 0.717) is 22.7 Å². The number of imide groups is 2. The zero-order valence-electron chi connectivity index (χ0n) is 19.4. The summed E-state index contributed by atoms with van der Waals surface area (Å²) in [5.41, 5.74) is 3.30. The second kappa shape index (κ2) is 10.1. The third kappa shape index (κ3) is 5.27. The number of aryl methyl sites for hydroxylation is 2. The number of halogens is 1. The zero-order chi connectivity index (χ0) is 25.1. The lowest BCUT2D eigenvalue weighted by Crippen LogP contribution is -2.54. The average Bonchev–Trinajstić information content (AvgIpc) is 2.83. The maximum Gasteiger partial charge on any atom is 0.335 e. The lowest BCUT2D eigenvalue weighted by Gasteiger charge is -2.28. The molecule has 3 aromatic rings. The van der Waals surface area contributed by atoms with E-state index < -0.39 is 17.8 Å². The van der Waals surface area contributed by atoms with Crippen molar-refractivity contribution in [2.24, 2.45) is 0 Å². The molecule has 4 amide bonds. The van der Waals surface area contributed by atoms with Crippen LogP contribution in [0, 0.1) is 13.8 Å². The summed E-state index contributed by atoms with van der Waals surface area (Å²) in [6.07, 6.45) is 1.43. The highest BCUT2D eigenvalue weighted by Gasteiger charge is 2.37. The quantitative estimate of drug-likeness (QED) is 0.341. The molecule has 8 heteroatoms. The first-order valence-electron chi connectivity index (χ1n) is 10.8. The monoisotopic (exact) mass is 534 g/mol. The lowest BCUT2D eigenvalue weighted by atomic mass is 10.0. The number of urea groups is 1. The van der Waals surface area contributed by atoms with E-state index in [1.165, 1.54) is 13.2 Å². The predicted molar refractivity (Wildman–Crippen MR) is 136 cm³/mol. The molecule has 0 aromatic heterocycles. The molecule has 0 aliphatic carbocycles. The fourth-order valence-electron chi connectivity index (χ4n) is 3.62. The number of carbonyl (C=O) groups is 3.